The SMILES string of the molecule is CCCC(N)Cc1ccc([N+](=O)[O-])c(F)c1. The van der Waals surface area contributed by atoms with E-state index in [9.17, 15) is 14.5 Å². The molecule has 1 aromatic carbocycles. The minimum absolute atomic E-state index is 0.0224. The molecule has 0 saturated carbocycles. The van der Waals surface area contributed by atoms with Gasteiger partial charge in [0.2, 0.25) is 5.82 Å². The summed E-state index contributed by atoms with van der Waals surface area (Å²) in [5.41, 5.74) is 6.01. The molecule has 0 radical (unpaired) electrons. The van der Waals surface area contributed by atoms with Crippen LogP contribution < -0.4 is 5.73 Å². The molecule has 5 heteroatoms. The van der Waals surface area contributed by atoms with Gasteiger partial charge in [0, 0.05) is 12.1 Å². The fourth-order valence-corrected chi connectivity index (χ4v) is 1.60. The largest absolute Gasteiger partial charge is 0.327 e. The van der Waals surface area contributed by atoms with Crippen molar-refractivity contribution in [2.75, 3.05) is 0 Å². The zero-order chi connectivity index (χ0) is 12.1. The summed E-state index contributed by atoms with van der Waals surface area (Å²) in [5, 5.41) is 10.4. The molecule has 1 rings (SSSR count). The lowest BCUT2D eigenvalue weighted by Crippen LogP contribution is -2.22. The molecule has 0 bridgehead atoms. The Hall–Kier alpha value is -1.49. The van der Waals surface area contributed by atoms with Gasteiger partial charge in [-0.15, -0.1) is 0 Å². The van der Waals surface area contributed by atoms with Crippen molar-refractivity contribution in [3.05, 3.63) is 39.7 Å². The Morgan fingerprint density at radius 1 is 1.56 bits per heavy atom. The van der Waals surface area contributed by atoms with E-state index < -0.39 is 16.4 Å². The Balaban J connectivity index is 2.77. The lowest BCUT2D eigenvalue weighted by molar-refractivity contribution is -0.387. The van der Waals surface area contributed by atoms with E-state index in [1.54, 1.807) is 6.07 Å². The first-order chi connectivity index (χ1) is 7.54. The Bertz CT molecular complexity index is 382. The first-order valence-electron chi connectivity index (χ1n) is 5.23. The molecule has 16 heavy (non-hydrogen) atoms. The minimum atomic E-state index is -0.800. The molecule has 0 aliphatic carbocycles. The van der Waals surface area contributed by atoms with Gasteiger partial charge in [-0.1, -0.05) is 19.4 Å². The Labute approximate surface area is 93.4 Å². The van der Waals surface area contributed by atoms with Crippen molar-refractivity contribution in [3.63, 3.8) is 0 Å². The van der Waals surface area contributed by atoms with Gasteiger partial charge in [-0.25, -0.2) is 0 Å². The minimum Gasteiger partial charge on any atom is -0.327 e. The average molecular weight is 226 g/mol. The van der Waals surface area contributed by atoms with Crippen molar-refractivity contribution in [3.8, 4) is 0 Å². The van der Waals surface area contributed by atoms with Gasteiger partial charge >= 0.3 is 5.69 Å². The maximum Gasteiger partial charge on any atom is 0.304 e. The topological polar surface area (TPSA) is 69.2 Å². The van der Waals surface area contributed by atoms with E-state index in [4.69, 9.17) is 5.73 Å². The lowest BCUT2D eigenvalue weighted by atomic mass is 10.0. The van der Waals surface area contributed by atoms with Crippen LogP contribution in [-0.4, -0.2) is 11.0 Å². The third-order valence-corrected chi connectivity index (χ3v) is 2.37. The molecular formula is C11H15FN2O2. The van der Waals surface area contributed by atoms with E-state index in [1.807, 2.05) is 6.92 Å². The molecule has 0 amide bonds. The molecule has 0 saturated heterocycles. The second-order valence-corrected chi connectivity index (χ2v) is 3.80. The van der Waals surface area contributed by atoms with E-state index >= 15 is 0 Å². The van der Waals surface area contributed by atoms with Gasteiger partial charge in [0.25, 0.3) is 0 Å². The molecule has 4 nitrogen and oxygen atoms in total. The van der Waals surface area contributed by atoms with Gasteiger partial charge in [-0.05, 0) is 24.5 Å². The number of nitro groups is 1. The number of rotatable bonds is 5. The second-order valence-electron chi connectivity index (χ2n) is 3.80. The third-order valence-electron chi connectivity index (χ3n) is 2.37. The molecule has 0 aliphatic heterocycles. The molecule has 0 spiro atoms. The zero-order valence-corrected chi connectivity index (χ0v) is 9.15. The maximum atomic E-state index is 13.3. The standard InChI is InChI=1S/C11H15FN2O2/c1-2-3-9(13)6-8-4-5-11(14(15)16)10(12)7-8/h4-5,7,9H,2-3,6,13H2,1H3. The number of nitrogens with zero attached hydrogens (tertiary/aromatic N) is 1. The van der Waals surface area contributed by atoms with Crippen LogP contribution in [0, 0.1) is 15.9 Å². The van der Waals surface area contributed by atoms with E-state index in [0.29, 0.717) is 12.0 Å². The number of halogens is 1. The molecular weight excluding hydrogens is 211 g/mol. The van der Waals surface area contributed by atoms with Crippen LogP contribution in [0.25, 0.3) is 0 Å². The van der Waals surface area contributed by atoms with Gasteiger partial charge in [-0.2, -0.15) is 4.39 Å². The highest BCUT2D eigenvalue weighted by Crippen LogP contribution is 2.19. The molecule has 0 fully saturated rings. The van der Waals surface area contributed by atoms with Gasteiger partial charge in [0.1, 0.15) is 0 Å². The van der Waals surface area contributed by atoms with Crippen LogP contribution in [0.5, 0.6) is 0 Å². The predicted octanol–water partition coefficient (Wildman–Crippen LogP) is 2.40. The second kappa shape index (κ2) is 5.55. The van der Waals surface area contributed by atoms with Crippen LogP contribution in [0.4, 0.5) is 10.1 Å². The summed E-state index contributed by atoms with van der Waals surface area (Å²) >= 11 is 0. The molecule has 0 aromatic heterocycles. The van der Waals surface area contributed by atoms with Gasteiger partial charge < -0.3 is 5.73 Å². The molecule has 2 N–H and O–H groups in total. The fraction of sp³-hybridized carbons (Fsp3) is 0.455. The van der Waals surface area contributed by atoms with Crippen molar-refractivity contribution in [2.45, 2.75) is 32.2 Å². The summed E-state index contributed by atoms with van der Waals surface area (Å²) in [4.78, 5) is 9.67. The number of benzene rings is 1. The van der Waals surface area contributed by atoms with Crippen LogP contribution in [0.15, 0.2) is 18.2 Å². The van der Waals surface area contributed by atoms with E-state index in [0.717, 1.165) is 12.8 Å². The van der Waals surface area contributed by atoms with Crippen molar-refractivity contribution in [2.24, 2.45) is 5.73 Å². The lowest BCUT2D eigenvalue weighted by Gasteiger charge is -2.09. The Kier molecular flexibility index (Phi) is 4.37. The summed E-state index contributed by atoms with van der Waals surface area (Å²) in [6, 6.07) is 3.90. The van der Waals surface area contributed by atoms with Crippen molar-refractivity contribution in [1.82, 2.24) is 0 Å². The average Bonchev–Trinajstić information content (AvgIpc) is 2.17. The Morgan fingerprint density at radius 3 is 2.75 bits per heavy atom. The smallest absolute Gasteiger partial charge is 0.304 e. The number of hydrogen-bond donors (Lipinski definition) is 1. The van der Waals surface area contributed by atoms with Crippen LogP contribution in [0.3, 0.4) is 0 Å². The summed E-state index contributed by atoms with van der Waals surface area (Å²) in [6.45, 7) is 2.02. The Morgan fingerprint density at radius 2 is 2.25 bits per heavy atom. The van der Waals surface area contributed by atoms with Crippen LogP contribution >= 0.6 is 0 Å². The molecule has 1 aromatic rings. The number of nitrogens with two attached hydrogens (primary N) is 1. The van der Waals surface area contributed by atoms with Gasteiger partial charge in [0.05, 0.1) is 4.92 Å². The van der Waals surface area contributed by atoms with E-state index in [-0.39, 0.29) is 6.04 Å². The highest BCUT2D eigenvalue weighted by atomic mass is 19.1. The fourth-order valence-electron chi connectivity index (χ4n) is 1.60. The normalized spacial score (nSPS) is 12.4. The number of hydrogen-bond acceptors (Lipinski definition) is 3. The van der Waals surface area contributed by atoms with Crippen molar-refractivity contribution >= 4 is 5.69 Å². The first kappa shape index (κ1) is 12.6. The van der Waals surface area contributed by atoms with Crippen LogP contribution in [0.1, 0.15) is 25.3 Å². The van der Waals surface area contributed by atoms with E-state index in [1.165, 1.54) is 12.1 Å². The molecule has 1 atom stereocenters. The third kappa shape index (κ3) is 3.27. The van der Waals surface area contributed by atoms with Crippen molar-refractivity contribution < 1.29 is 9.31 Å². The molecule has 0 aliphatic rings. The monoisotopic (exact) mass is 226 g/mol. The molecule has 1 unspecified atom stereocenters. The predicted molar refractivity (Wildman–Crippen MR) is 59.6 cm³/mol. The van der Waals surface area contributed by atoms with Crippen LogP contribution in [-0.2, 0) is 6.42 Å². The zero-order valence-electron chi connectivity index (χ0n) is 9.15. The first-order valence-corrected chi connectivity index (χ1v) is 5.23. The maximum absolute atomic E-state index is 13.3. The highest BCUT2D eigenvalue weighted by Gasteiger charge is 2.14. The van der Waals surface area contributed by atoms with E-state index in [2.05, 4.69) is 0 Å². The molecule has 88 valence electrons. The van der Waals surface area contributed by atoms with Crippen molar-refractivity contribution in [1.29, 1.82) is 0 Å². The summed E-state index contributed by atoms with van der Waals surface area (Å²) in [6.07, 6.45) is 2.37. The van der Waals surface area contributed by atoms with Crippen LogP contribution in [0.2, 0.25) is 0 Å². The summed E-state index contributed by atoms with van der Waals surface area (Å²) < 4.78 is 13.3. The summed E-state index contributed by atoms with van der Waals surface area (Å²) in [7, 11) is 0. The highest BCUT2D eigenvalue weighted by molar-refractivity contribution is 5.35. The molecule has 0 heterocycles. The number of nitro benzene ring substituents is 1. The van der Waals surface area contributed by atoms with Gasteiger partial charge in [-0.3, -0.25) is 10.1 Å². The quantitative estimate of drug-likeness (QED) is 0.619. The van der Waals surface area contributed by atoms with Gasteiger partial charge in [0.15, 0.2) is 0 Å². The summed E-state index contributed by atoms with van der Waals surface area (Å²) in [5.74, 6) is -0.800.